The van der Waals surface area contributed by atoms with Crippen molar-refractivity contribution in [3.63, 3.8) is 0 Å². The minimum atomic E-state index is -0.0373. The van der Waals surface area contributed by atoms with Crippen LogP contribution in [0.25, 0.3) is 11.2 Å². The highest BCUT2D eigenvalue weighted by atomic mass is 16.1. The average Bonchev–Trinajstić information content (AvgIpc) is 2.99. The molecule has 0 saturated heterocycles. The highest BCUT2D eigenvalue weighted by Crippen LogP contribution is 2.55. The van der Waals surface area contributed by atoms with E-state index >= 15 is 0 Å². The predicted octanol–water partition coefficient (Wildman–Crippen LogP) is 1.91. The van der Waals surface area contributed by atoms with E-state index in [1.54, 1.807) is 12.3 Å². The fourth-order valence-electron chi connectivity index (χ4n) is 3.87. The van der Waals surface area contributed by atoms with Crippen LogP contribution in [0.15, 0.2) is 12.3 Å². The van der Waals surface area contributed by atoms with Crippen LogP contribution in [0.2, 0.25) is 0 Å². The SMILES string of the molecule is CCc1nc2nccc(C(=O)NC3CCC4(CC3)CC4N)c2[nH]1. The number of fused-ring (bicyclic) bond motifs is 1. The first-order chi connectivity index (χ1) is 11.1. The van der Waals surface area contributed by atoms with Crippen LogP contribution >= 0.6 is 0 Å². The van der Waals surface area contributed by atoms with E-state index in [4.69, 9.17) is 5.73 Å². The molecule has 1 amide bonds. The van der Waals surface area contributed by atoms with Gasteiger partial charge in [-0.15, -0.1) is 0 Å². The summed E-state index contributed by atoms with van der Waals surface area (Å²) in [5.74, 6) is 0.819. The van der Waals surface area contributed by atoms with Crippen molar-refractivity contribution < 1.29 is 4.79 Å². The van der Waals surface area contributed by atoms with E-state index in [1.165, 1.54) is 0 Å². The van der Waals surface area contributed by atoms with Gasteiger partial charge in [0, 0.05) is 24.7 Å². The van der Waals surface area contributed by atoms with Crippen molar-refractivity contribution in [3.05, 3.63) is 23.7 Å². The van der Waals surface area contributed by atoms with E-state index in [0.717, 1.165) is 49.9 Å². The molecule has 0 aromatic carbocycles. The average molecular weight is 313 g/mol. The lowest BCUT2D eigenvalue weighted by atomic mass is 9.83. The molecule has 4 rings (SSSR count). The number of aryl methyl sites for hydroxylation is 1. The number of carbonyl (C=O) groups is 1. The van der Waals surface area contributed by atoms with Crippen molar-refractivity contribution in [1.82, 2.24) is 20.3 Å². The maximum atomic E-state index is 12.7. The molecule has 2 aromatic heterocycles. The summed E-state index contributed by atoms with van der Waals surface area (Å²) in [6, 6.07) is 2.39. The highest BCUT2D eigenvalue weighted by molar-refractivity contribution is 6.04. The zero-order chi connectivity index (χ0) is 16.0. The number of rotatable bonds is 3. The lowest BCUT2D eigenvalue weighted by Gasteiger charge is -2.29. The molecule has 2 fully saturated rings. The van der Waals surface area contributed by atoms with Gasteiger partial charge >= 0.3 is 0 Å². The minimum Gasteiger partial charge on any atom is -0.349 e. The van der Waals surface area contributed by atoms with Gasteiger partial charge in [-0.1, -0.05) is 6.92 Å². The van der Waals surface area contributed by atoms with Gasteiger partial charge in [-0.2, -0.15) is 0 Å². The van der Waals surface area contributed by atoms with Gasteiger partial charge in [0.25, 0.3) is 5.91 Å². The Kier molecular flexibility index (Phi) is 3.37. The number of amides is 1. The van der Waals surface area contributed by atoms with Gasteiger partial charge in [0.1, 0.15) is 5.82 Å². The predicted molar refractivity (Wildman–Crippen MR) is 88.0 cm³/mol. The molecule has 0 radical (unpaired) electrons. The van der Waals surface area contributed by atoms with Gasteiger partial charge in [0.15, 0.2) is 5.65 Å². The van der Waals surface area contributed by atoms with E-state index < -0.39 is 0 Å². The summed E-state index contributed by atoms with van der Waals surface area (Å²) in [5, 5.41) is 3.18. The first-order valence-corrected chi connectivity index (χ1v) is 8.51. The third-order valence-corrected chi connectivity index (χ3v) is 5.59. The van der Waals surface area contributed by atoms with Crippen LogP contribution in [0.5, 0.6) is 0 Å². The third kappa shape index (κ3) is 2.51. The van der Waals surface area contributed by atoms with E-state index in [0.29, 0.717) is 22.7 Å². The second kappa shape index (κ2) is 5.30. The summed E-state index contributed by atoms with van der Waals surface area (Å²) in [5.41, 5.74) is 8.41. The monoisotopic (exact) mass is 313 g/mol. The zero-order valence-electron chi connectivity index (χ0n) is 13.4. The van der Waals surface area contributed by atoms with Crippen LogP contribution < -0.4 is 11.1 Å². The van der Waals surface area contributed by atoms with Gasteiger partial charge in [0.05, 0.1) is 11.1 Å². The van der Waals surface area contributed by atoms with Crippen molar-refractivity contribution in [2.24, 2.45) is 11.1 Å². The third-order valence-electron chi connectivity index (χ3n) is 5.59. The summed E-state index contributed by atoms with van der Waals surface area (Å²) >= 11 is 0. The van der Waals surface area contributed by atoms with Crippen LogP contribution in [0.3, 0.4) is 0 Å². The molecule has 23 heavy (non-hydrogen) atoms. The molecule has 2 heterocycles. The molecule has 6 nitrogen and oxygen atoms in total. The number of carbonyl (C=O) groups excluding carboxylic acids is 1. The highest BCUT2D eigenvalue weighted by Gasteiger charge is 2.52. The van der Waals surface area contributed by atoms with Crippen LogP contribution in [0, 0.1) is 5.41 Å². The number of hydrogen-bond acceptors (Lipinski definition) is 4. The summed E-state index contributed by atoms with van der Waals surface area (Å²) in [4.78, 5) is 24.5. The van der Waals surface area contributed by atoms with Gasteiger partial charge in [-0.3, -0.25) is 4.79 Å². The second-order valence-corrected chi connectivity index (χ2v) is 7.01. The number of hydrogen-bond donors (Lipinski definition) is 3. The molecule has 6 heteroatoms. The van der Waals surface area contributed by atoms with Crippen molar-refractivity contribution >= 4 is 17.1 Å². The number of nitrogens with one attached hydrogen (secondary N) is 2. The first kappa shape index (κ1) is 14.6. The van der Waals surface area contributed by atoms with Gasteiger partial charge < -0.3 is 16.0 Å². The molecule has 0 bridgehead atoms. The number of imidazole rings is 1. The Labute approximate surface area is 135 Å². The van der Waals surface area contributed by atoms with Crippen molar-refractivity contribution in [2.75, 3.05) is 0 Å². The fourth-order valence-corrected chi connectivity index (χ4v) is 3.87. The van der Waals surface area contributed by atoms with Crippen molar-refractivity contribution in [2.45, 2.75) is 57.5 Å². The Morgan fingerprint density at radius 3 is 2.87 bits per heavy atom. The van der Waals surface area contributed by atoms with E-state index in [-0.39, 0.29) is 11.9 Å². The van der Waals surface area contributed by atoms with Gasteiger partial charge in [-0.25, -0.2) is 9.97 Å². The number of pyridine rings is 1. The molecule has 1 unspecified atom stereocenters. The van der Waals surface area contributed by atoms with Crippen LogP contribution in [-0.2, 0) is 6.42 Å². The zero-order valence-corrected chi connectivity index (χ0v) is 13.4. The Hall–Kier alpha value is -1.95. The molecular weight excluding hydrogens is 290 g/mol. The van der Waals surface area contributed by atoms with E-state index in [1.807, 2.05) is 6.92 Å². The van der Waals surface area contributed by atoms with E-state index in [9.17, 15) is 4.79 Å². The number of aromatic amines is 1. The van der Waals surface area contributed by atoms with E-state index in [2.05, 4.69) is 20.3 Å². The first-order valence-electron chi connectivity index (χ1n) is 8.51. The summed E-state index contributed by atoms with van der Waals surface area (Å²) in [6.07, 6.45) is 7.92. The van der Waals surface area contributed by atoms with Crippen molar-refractivity contribution in [1.29, 1.82) is 0 Å². The molecule has 1 spiro atoms. The standard InChI is InChI=1S/C17H23N5O/c1-2-13-21-14-11(5-8-19-15(14)22-13)16(23)20-10-3-6-17(7-4-10)9-12(17)18/h5,8,10,12H,2-4,6-7,9,18H2,1H3,(H,20,23)(H,19,21,22). The number of aromatic nitrogens is 3. The Morgan fingerprint density at radius 2 is 2.22 bits per heavy atom. The minimum absolute atomic E-state index is 0.0373. The maximum absolute atomic E-state index is 12.7. The molecule has 2 aliphatic rings. The number of nitrogens with zero attached hydrogens (tertiary/aromatic N) is 2. The topological polar surface area (TPSA) is 96.7 Å². The Bertz CT molecular complexity index is 745. The summed E-state index contributed by atoms with van der Waals surface area (Å²) in [7, 11) is 0. The largest absolute Gasteiger partial charge is 0.349 e. The van der Waals surface area contributed by atoms with Gasteiger partial charge in [0.2, 0.25) is 0 Å². The van der Waals surface area contributed by atoms with Crippen LogP contribution in [-0.4, -0.2) is 32.9 Å². The Morgan fingerprint density at radius 1 is 1.48 bits per heavy atom. The van der Waals surface area contributed by atoms with Crippen molar-refractivity contribution in [3.8, 4) is 0 Å². The molecule has 2 aliphatic carbocycles. The molecule has 2 aromatic rings. The fraction of sp³-hybridized carbons (Fsp3) is 0.588. The van der Waals surface area contributed by atoms with Crippen LogP contribution in [0.1, 0.15) is 55.2 Å². The normalized spacial score (nSPS) is 29.8. The van der Waals surface area contributed by atoms with Gasteiger partial charge in [-0.05, 0) is 43.6 Å². The molecule has 4 N–H and O–H groups in total. The number of nitrogens with two attached hydrogens (primary N) is 1. The quantitative estimate of drug-likeness (QED) is 0.806. The second-order valence-electron chi connectivity index (χ2n) is 7.01. The number of H-pyrrole nitrogens is 1. The summed E-state index contributed by atoms with van der Waals surface area (Å²) in [6.45, 7) is 2.03. The Balaban J connectivity index is 1.48. The molecular formula is C17H23N5O. The lowest BCUT2D eigenvalue weighted by Crippen LogP contribution is -2.39. The molecule has 122 valence electrons. The van der Waals surface area contributed by atoms with Crippen LogP contribution in [0.4, 0.5) is 0 Å². The molecule has 2 saturated carbocycles. The molecule has 0 aliphatic heterocycles. The lowest BCUT2D eigenvalue weighted by molar-refractivity contribution is 0.0920. The summed E-state index contributed by atoms with van der Waals surface area (Å²) < 4.78 is 0. The maximum Gasteiger partial charge on any atom is 0.253 e. The smallest absolute Gasteiger partial charge is 0.253 e. The molecule has 1 atom stereocenters.